The lowest BCUT2D eigenvalue weighted by Crippen LogP contribution is -2.80. The highest BCUT2D eigenvalue weighted by Crippen LogP contribution is 2.63. The number of allylic oxidation sites excluding steroid dienone is 1. The Morgan fingerprint density at radius 2 is 1.86 bits per heavy atom. The molecule has 2 bridgehead atoms. The van der Waals surface area contributed by atoms with Crippen LogP contribution >= 0.6 is 0 Å². The Bertz CT molecular complexity index is 1240. The van der Waals surface area contributed by atoms with Crippen LogP contribution in [0, 0.1) is 16.7 Å². The minimum Gasteiger partial charge on any atom is -0.393 e. The maximum Gasteiger partial charge on any atom is 0.221 e. The number of benzene rings is 1. The third kappa shape index (κ3) is 2.55. The Morgan fingerprint density at radius 3 is 2.63 bits per heavy atom. The van der Waals surface area contributed by atoms with Crippen LogP contribution in [0.3, 0.4) is 0 Å². The number of aliphatic hydroxyl groups excluding tert-OH is 1. The van der Waals surface area contributed by atoms with Crippen molar-refractivity contribution in [3.63, 3.8) is 0 Å². The molecule has 2 unspecified atom stereocenters. The summed E-state index contributed by atoms with van der Waals surface area (Å²) in [5.74, 6) is -0.0315. The third-order valence-corrected chi connectivity index (χ3v) is 11.4. The second-order valence-corrected chi connectivity index (χ2v) is 13.8. The lowest BCUT2D eigenvalue weighted by Gasteiger charge is -2.66. The number of fused-ring (bicyclic) bond motifs is 5. The summed E-state index contributed by atoms with van der Waals surface area (Å²) in [6.07, 6.45) is 5.16. The molecule has 2 spiro atoms. The number of hydrogen-bond donors (Lipinski definition) is 2. The average molecular weight is 475 g/mol. The molecule has 5 atom stereocenters. The first-order valence-corrected chi connectivity index (χ1v) is 13.6. The molecule has 0 radical (unpaired) electrons. The van der Waals surface area contributed by atoms with Crippen molar-refractivity contribution in [3.8, 4) is 0 Å². The van der Waals surface area contributed by atoms with Crippen LogP contribution in [-0.2, 0) is 28.9 Å². The van der Waals surface area contributed by atoms with Crippen LogP contribution in [0.1, 0.15) is 76.1 Å². The molecule has 0 aromatic heterocycles. The molecule has 1 aromatic carbocycles. The van der Waals surface area contributed by atoms with E-state index < -0.39 is 5.54 Å². The SMILES string of the molecule is CC1C(=O)C(=O)[C@@]23CN[C@]4(CC5=C(Cc6c5ccc5c6CCC(O)C(C)(C)C5)C(C)(C)[C@@H]4C2)CN13. The number of hydrogen-bond acceptors (Lipinski definition) is 5. The summed E-state index contributed by atoms with van der Waals surface area (Å²) in [6.45, 7) is 12.5. The van der Waals surface area contributed by atoms with Crippen LogP contribution in [0.15, 0.2) is 17.7 Å². The molecule has 186 valence electrons. The van der Waals surface area contributed by atoms with E-state index in [2.05, 4.69) is 50.0 Å². The molecular formula is C30H38N2O3. The van der Waals surface area contributed by atoms with Gasteiger partial charge in [0.05, 0.1) is 12.1 Å². The molecule has 0 saturated carbocycles. The van der Waals surface area contributed by atoms with E-state index in [1.807, 2.05) is 6.92 Å². The minimum absolute atomic E-state index is 0.0509. The summed E-state index contributed by atoms with van der Waals surface area (Å²) < 4.78 is 0. The molecule has 0 amide bonds. The standard InChI is InChI=1S/C30H38N2O3/c1-16-25(34)26(35)30-13-23-28(4,5)22-10-20-18-8-9-24(33)27(2,3)11-17(18)6-7-19(20)21(22)12-29(23,31-14-30)15-32(16)30/h6-7,16,23-24,31,33H,8-15H2,1-5H3/t16?,23-,24?,29+,30-/m0/s1. The van der Waals surface area contributed by atoms with Crippen molar-refractivity contribution in [2.24, 2.45) is 16.7 Å². The van der Waals surface area contributed by atoms with E-state index >= 15 is 0 Å². The van der Waals surface area contributed by atoms with E-state index in [1.165, 1.54) is 27.8 Å². The van der Waals surface area contributed by atoms with Crippen LogP contribution in [0.4, 0.5) is 0 Å². The largest absolute Gasteiger partial charge is 0.393 e. The van der Waals surface area contributed by atoms with Gasteiger partial charge in [0.2, 0.25) is 11.6 Å². The molecule has 4 fully saturated rings. The predicted octanol–water partition coefficient (Wildman–Crippen LogP) is 3.25. The molecule has 4 heterocycles. The molecule has 5 nitrogen and oxygen atoms in total. The lowest BCUT2D eigenvalue weighted by atomic mass is 9.50. The molecular weight excluding hydrogens is 436 g/mol. The zero-order valence-electron chi connectivity index (χ0n) is 21.8. The second kappa shape index (κ2) is 6.54. The van der Waals surface area contributed by atoms with Crippen molar-refractivity contribution >= 4 is 17.1 Å². The van der Waals surface area contributed by atoms with Gasteiger partial charge in [-0.3, -0.25) is 14.5 Å². The highest BCUT2D eigenvalue weighted by atomic mass is 16.3. The molecule has 5 heteroatoms. The molecule has 3 aliphatic carbocycles. The van der Waals surface area contributed by atoms with Gasteiger partial charge in [-0.2, -0.15) is 0 Å². The highest BCUT2D eigenvalue weighted by molar-refractivity contribution is 6.44. The van der Waals surface area contributed by atoms with Gasteiger partial charge in [-0.25, -0.2) is 0 Å². The van der Waals surface area contributed by atoms with Gasteiger partial charge in [-0.15, -0.1) is 0 Å². The van der Waals surface area contributed by atoms with Crippen LogP contribution in [-0.4, -0.2) is 57.9 Å². The fraction of sp³-hybridized carbons (Fsp3) is 0.667. The van der Waals surface area contributed by atoms with E-state index in [0.29, 0.717) is 12.5 Å². The molecule has 1 aromatic rings. The zero-order chi connectivity index (χ0) is 24.7. The summed E-state index contributed by atoms with van der Waals surface area (Å²) in [6, 6.07) is 4.39. The monoisotopic (exact) mass is 474 g/mol. The number of ketones is 2. The Labute approximate surface area is 208 Å². The molecule has 4 saturated heterocycles. The van der Waals surface area contributed by atoms with Gasteiger partial charge in [0.25, 0.3) is 0 Å². The van der Waals surface area contributed by atoms with Crippen LogP contribution < -0.4 is 5.32 Å². The van der Waals surface area contributed by atoms with Gasteiger partial charge in [-0.05, 0) is 90.0 Å². The van der Waals surface area contributed by atoms with Crippen molar-refractivity contribution in [1.29, 1.82) is 0 Å². The first-order valence-electron chi connectivity index (χ1n) is 13.6. The van der Waals surface area contributed by atoms with E-state index in [-0.39, 0.29) is 40.1 Å². The first-order chi connectivity index (χ1) is 16.4. The minimum atomic E-state index is -0.650. The van der Waals surface area contributed by atoms with Crippen LogP contribution in [0.5, 0.6) is 0 Å². The number of piperidine rings is 2. The Morgan fingerprint density at radius 1 is 1.09 bits per heavy atom. The van der Waals surface area contributed by atoms with Crippen LogP contribution in [0.25, 0.3) is 5.57 Å². The van der Waals surface area contributed by atoms with Crippen molar-refractivity contribution in [2.75, 3.05) is 13.1 Å². The fourth-order valence-electron chi connectivity index (χ4n) is 9.22. The Kier molecular flexibility index (Phi) is 4.18. The molecule has 35 heavy (non-hydrogen) atoms. The summed E-state index contributed by atoms with van der Waals surface area (Å²) in [7, 11) is 0. The van der Waals surface area contributed by atoms with Gasteiger partial charge in [0.15, 0.2) is 0 Å². The van der Waals surface area contributed by atoms with Gasteiger partial charge >= 0.3 is 0 Å². The summed E-state index contributed by atoms with van der Waals surface area (Å²) in [5.41, 5.74) is 7.94. The highest BCUT2D eigenvalue weighted by Gasteiger charge is 2.71. The molecule has 7 aliphatic rings. The quantitative estimate of drug-likeness (QED) is 0.446. The van der Waals surface area contributed by atoms with Gasteiger partial charge < -0.3 is 10.4 Å². The van der Waals surface area contributed by atoms with Crippen molar-refractivity contribution in [1.82, 2.24) is 10.2 Å². The maximum atomic E-state index is 13.2. The van der Waals surface area contributed by atoms with Crippen LogP contribution in [0.2, 0.25) is 0 Å². The molecule has 2 N–H and O–H groups in total. The van der Waals surface area contributed by atoms with Crippen molar-refractivity contribution in [3.05, 3.63) is 40.0 Å². The Hall–Kier alpha value is -1.82. The molecule has 4 aliphatic heterocycles. The fourth-order valence-corrected chi connectivity index (χ4v) is 9.22. The summed E-state index contributed by atoms with van der Waals surface area (Å²) in [5, 5.41) is 14.7. The second-order valence-electron chi connectivity index (χ2n) is 13.8. The number of Topliss-reactive ketones (excluding diaryl/α,β-unsaturated/α-hetero) is 2. The third-order valence-electron chi connectivity index (χ3n) is 11.4. The zero-order valence-corrected chi connectivity index (χ0v) is 21.8. The van der Waals surface area contributed by atoms with Gasteiger partial charge in [0.1, 0.15) is 5.54 Å². The number of carbonyl (C=O) groups is 2. The number of aliphatic hydroxyl groups is 1. The van der Waals surface area contributed by atoms with E-state index in [0.717, 1.165) is 45.1 Å². The number of carbonyl (C=O) groups excluding carboxylic acids is 2. The van der Waals surface area contributed by atoms with E-state index in [1.54, 1.807) is 5.57 Å². The number of rotatable bonds is 0. The van der Waals surface area contributed by atoms with Gasteiger partial charge in [0, 0.05) is 18.6 Å². The maximum absolute atomic E-state index is 13.2. The smallest absolute Gasteiger partial charge is 0.221 e. The predicted molar refractivity (Wildman–Crippen MR) is 135 cm³/mol. The topological polar surface area (TPSA) is 69.6 Å². The molecule has 8 rings (SSSR count). The number of piperazine rings is 1. The van der Waals surface area contributed by atoms with Crippen molar-refractivity contribution in [2.45, 2.75) is 96.4 Å². The summed E-state index contributed by atoms with van der Waals surface area (Å²) >= 11 is 0. The van der Waals surface area contributed by atoms with Gasteiger partial charge in [-0.1, -0.05) is 45.4 Å². The van der Waals surface area contributed by atoms with Crippen molar-refractivity contribution < 1.29 is 14.7 Å². The normalized spacial score (nSPS) is 40.7. The number of nitrogens with zero attached hydrogens (tertiary/aromatic N) is 1. The first kappa shape index (κ1) is 22.4. The van der Waals surface area contributed by atoms with E-state index in [9.17, 15) is 14.7 Å². The lowest BCUT2D eigenvalue weighted by molar-refractivity contribution is -0.146. The summed E-state index contributed by atoms with van der Waals surface area (Å²) in [4.78, 5) is 28.2. The average Bonchev–Trinajstić information content (AvgIpc) is 3.23. The number of nitrogens with one attached hydrogen (secondary N) is 1. The van der Waals surface area contributed by atoms with E-state index in [4.69, 9.17) is 0 Å². The Balaban J connectivity index is 1.32.